The normalized spacial score (nSPS) is 22.0. The van der Waals surface area contributed by atoms with E-state index in [1.165, 1.54) is 33.0 Å². The number of hydrogen-bond acceptors (Lipinski definition) is 4. The smallest absolute Gasteiger partial charge is 0.305 e. The van der Waals surface area contributed by atoms with Crippen molar-refractivity contribution in [1.29, 1.82) is 0 Å². The summed E-state index contributed by atoms with van der Waals surface area (Å²) in [6.07, 6.45) is 4.07. The molecule has 94 valence electrons. The number of carbonyl (C=O) groups excluding carboxylic acids is 1. The van der Waals surface area contributed by atoms with Crippen LogP contribution in [-0.4, -0.2) is 51.2 Å². The van der Waals surface area contributed by atoms with Crippen molar-refractivity contribution >= 4 is 5.97 Å². The molecule has 0 radical (unpaired) electrons. The number of piperidine rings is 1. The van der Waals surface area contributed by atoms with Crippen LogP contribution in [0.4, 0.5) is 0 Å². The quantitative estimate of drug-likeness (QED) is 0.685. The Kier molecular flexibility index (Phi) is 6.42. The Hall–Kier alpha value is -0.610. The Morgan fingerprint density at radius 1 is 1.56 bits per heavy atom. The van der Waals surface area contributed by atoms with Crippen LogP contribution in [0.25, 0.3) is 0 Å². The van der Waals surface area contributed by atoms with Crippen molar-refractivity contribution in [1.82, 2.24) is 10.2 Å². The highest BCUT2D eigenvalue weighted by atomic mass is 16.5. The molecule has 4 nitrogen and oxygen atoms in total. The average Bonchev–Trinajstić information content (AvgIpc) is 2.30. The maximum Gasteiger partial charge on any atom is 0.305 e. The van der Waals surface area contributed by atoms with Crippen LogP contribution in [0, 0.1) is 5.92 Å². The fourth-order valence-electron chi connectivity index (χ4n) is 2.36. The molecule has 0 aromatic carbocycles. The highest BCUT2D eigenvalue weighted by Gasteiger charge is 2.18. The summed E-state index contributed by atoms with van der Waals surface area (Å²) in [6, 6.07) is 0. The Bertz CT molecular complexity index is 207. The summed E-state index contributed by atoms with van der Waals surface area (Å²) in [7, 11) is 3.46. The minimum Gasteiger partial charge on any atom is -0.469 e. The van der Waals surface area contributed by atoms with Crippen LogP contribution in [0.2, 0.25) is 0 Å². The molecule has 16 heavy (non-hydrogen) atoms. The first-order valence-electron chi connectivity index (χ1n) is 6.20. The van der Waals surface area contributed by atoms with Crippen molar-refractivity contribution in [3.8, 4) is 0 Å². The van der Waals surface area contributed by atoms with Gasteiger partial charge in [0.25, 0.3) is 0 Å². The summed E-state index contributed by atoms with van der Waals surface area (Å²) in [5.41, 5.74) is 0. The molecule has 0 bridgehead atoms. The van der Waals surface area contributed by atoms with Crippen LogP contribution < -0.4 is 5.32 Å². The van der Waals surface area contributed by atoms with Gasteiger partial charge in [0, 0.05) is 13.0 Å². The largest absolute Gasteiger partial charge is 0.469 e. The van der Waals surface area contributed by atoms with Crippen molar-refractivity contribution < 1.29 is 9.53 Å². The Labute approximate surface area is 98.3 Å². The fourth-order valence-corrected chi connectivity index (χ4v) is 2.36. The number of esters is 1. The lowest BCUT2D eigenvalue weighted by molar-refractivity contribution is -0.140. The minimum absolute atomic E-state index is 0.0937. The summed E-state index contributed by atoms with van der Waals surface area (Å²) in [6.45, 7) is 4.48. The number of likely N-dealkylation sites (tertiary alicyclic amines) is 1. The zero-order chi connectivity index (χ0) is 11.8. The molecular formula is C12H24N2O2. The molecule has 0 aliphatic carbocycles. The van der Waals surface area contributed by atoms with Crippen LogP contribution in [0.3, 0.4) is 0 Å². The Morgan fingerprint density at radius 3 is 3.06 bits per heavy atom. The van der Waals surface area contributed by atoms with Gasteiger partial charge in [0.2, 0.25) is 0 Å². The first-order chi connectivity index (χ1) is 7.76. The number of nitrogens with zero attached hydrogens (tertiary/aromatic N) is 1. The number of methoxy groups -OCH3 is 1. The Morgan fingerprint density at radius 2 is 2.38 bits per heavy atom. The van der Waals surface area contributed by atoms with Crippen LogP contribution in [0.15, 0.2) is 0 Å². The third-order valence-corrected chi connectivity index (χ3v) is 3.18. The van der Waals surface area contributed by atoms with E-state index in [1.54, 1.807) is 0 Å². The molecule has 1 fully saturated rings. The van der Waals surface area contributed by atoms with Gasteiger partial charge < -0.3 is 15.0 Å². The van der Waals surface area contributed by atoms with E-state index in [9.17, 15) is 4.79 Å². The first kappa shape index (κ1) is 13.5. The molecule has 1 heterocycles. The molecule has 1 rings (SSSR count). The highest BCUT2D eigenvalue weighted by Crippen LogP contribution is 2.15. The van der Waals surface area contributed by atoms with E-state index in [0.29, 0.717) is 6.42 Å². The summed E-state index contributed by atoms with van der Waals surface area (Å²) in [4.78, 5) is 13.4. The lowest BCUT2D eigenvalue weighted by Gasteiger charge is -2.32. The van der Waals surface area contributed by atoms with Gasteiger partial charge in [-0.3, -0.25) is 4.79 Å². The predicted molar refractivity (Wildman–Crippen MR) is 64.3 cm³/mol. The molecule has 0 spiro atoms. The molecule has 1 aliphatic rings. The summed E-state index contributed by atoms with van der Waals surface area (Å²) >= 11 is 0. The van der Waals surface area contributed by atoms with E-state index in [4.69, 9.17) is 0 Å². The monoisotopic (exact) mass is 228 g/mol. The van der Waals surface area contributed by atoms with Crippen molar-refractivity contribution in [2.45, 2.75) is 25.7 Å². The predicted octanol–water partition coefficient (Wildman–Crippen LogP) is 0.871. The molecule has 0 aromatic rings. The number of nitrogens with one attached hydrogen (secondary N) is 1. The van der Waals surface area contributed by atoms with Crippen molar-refractivity contribution in [3.63, 3.8) is 0 Å². The highest BCUT2D eigenvalue weighted by molar-refractivity contribution is 5.69. The van der Waals surface area contributed by atoms with Gasteiger partial charge in [-0.05, 0) is 51.9 Å². The van der Waals surface area contributed by atoms with Crippen LogP contribution in [0.5, 0.6) is 0 Å². The van der Waals surface area contributed by atoms with E-state index < -0.39 is 0 Å². The third kappa shape index (κ3) is 4.94. The van der Waals surface area contributed by atoms with Gasteiger partial charge in [0.15, 0.2) is 0 Å². The van der Waals surface area contributed by atoms with Crippen molar-refractivity contribution in [3.05, 3.63) is 0 Å². The van der Waals surface area contributed by atoms with Gasteiger partial charge in [0.05, 0.1) is 7.11 Å². The molecule has 1 N–H and O–H groups in total. The second kappa shape index (κ2) is 7.63. The van der Waals surface area contributed by atoms with Gasteiger partial charge >= 0.3 is 5.97 Å². The SMILES string of the molecule is CNCC1CCCN(CCCC(=O)OC)C1. The van der Waals surface area contributed by atoms with Crippen molar-refractivity contribution in [2.75, 3.05) is 40.3 Å². The topological polar surface area (TPSA) is 41.6 Å². The zero-order valence-corrected chi connectivity index (χ0v) is 10.5. The van der Waals surface area contributed by atoms with Gasteiger partial charge in [-0.15, -0.1) is 0 Å². The van der Waals surface area contributed by atoms with Crippen LogP contribution in [0.1, 0.15) is 25.7 Å². The molecule has 1 atom stereocenters. The average molecular weight is 228 g/mol. The molecular weight excluding hydrogens is 204 g/mol. The maximum atomic E-state index is 11.0. The standard InChI is InChI=1S/C12H24N2O2/c1-13-9-11-5-3-7-14(10-11)8-4-6-12(15)16-2/h11,13H,3-10H2,1-2H3. The molecule has 0 aromatic heterocycles. The second-order valence-corrected chi connectivity index (χ2v) is 4.55. The number of rotatable bonds is 6. The molecule has 0 amide bonds. The van der Waals surface area contributed by atoms with Gasteiger partial charge in [-0.1, -0.05) is 0 Å². The first-order valence-corrected chi connectivity index (χ1v) is 6.20. The maximum absolute atomic E-state index is 11.0. The minimum atomic E-state index is -0.0937. The van der Waals surface area contributed by atoms with E-state index in [2.05, 4.69) is 15.0 Å². The van der Waals surface area contributed by atoms with Gasteiger partial charge in [-0.2, -0.15) is 0 Å². The lowest BCUT2D eigenvalue weighted by Crippen LogP contribution is -2.39. The fraction of sp³-hybridized carbons (Fsp3) is 0.917. The van der Waals surface area contributed by atoms with E-state index in [-0.39, 0.29) is 5.97 Å². The molecule has 1 aliphatic heterocycles. The number of hydrogen-bond donors (Lipinski definition) is 1. The molecule has 0 saturated carbocycles. The van der Waals surface area contributed by atoms with Crippen LogP contribution >= 0.6 is 0 Å². The van der Waals surface area contributed by atoms with Crippen molar-refractivity contribution in [2.24, 2.45) is 5.92 Å². The molecule has 1 unspecified atom stereocenters. The van der Waals surface area contributed by atoms with E-state index in [1.807, 2.05) is 7.05 Å². The van der Waals surface area contributed by atoms with Crippen LogP contribution in [-0.2, 0) is 9.53 Å². The third-order valence-electron chi connectivity index (χ3n) is 3.18. The molecule has 1 saturated heterocycles. The Balaban J connectivity index is 2.14. The van der Waals surface area contributed by atoms with E-state index >= 15 is 0 Å². The summed E-state index contributed by atoms with van der Waals surface area (Å²) in [5.74, 6) is 0.681. The second-order valence-electron chi connectivity index (χ2n) is 4.55. The lowest BCUT2D eigenvalue weighted by atomic mass is 9.98. The number of carbonyl (C=O) groups is 1. The van der Waals surface area contributed by atoms with Gasteiger partial charge in [0.1, 0.15) is 0 Å². The zero-order valence-electron chi connectivity index (χ0n) is 10.5. The summed E-state index contributed by atoms with van der Waals surface area (Å²) < 4.78 is 4.63. The number of ether oxygens (including phenoxy) is 1. The summed E-state index contributed by atoms with van der Waals surface area (Å²) in [5, 5.41) is 3.24. The molecule has 4 heteroatoms. The van der Waals surface area contributed by atoms with E-state index in [0.717, 1.165) is 25.4 Å². The van der Waals surface area contributed by atoms with Gasteiger partial charge in [-0.25, -0.2) is 0 Å².